The van der Waals surface area contributed by atoms with E-state index < -0.39 is 6.10 Å². The van der Waals surface area contributed by atoms with Gasteiger partial charge in [-0.2, -0.15) is 0 Å². The Bertz CT molecular complexity index is 601. The van der Waals surface area contributed by atoms with E-state index in [1.165, 1.54) is 10.5 Å². The van der Waals surface area contributed by atoms with Crippen molar-refractivity contribution in [2.24, 2.45) is 0 Å². The fourth-order valence-corrected chi connectivity index (χ4v) is 3.49. The first-order valence-electron chi connectivity index (χ1n) is 6.79. The minimum Gasteiger partial charge on any atom is -0.496 e. The molecule has 0 aromatic heterocycles. The molecule has 2 nitrogen and oxygen atoms in total. The molecule has 2 rings (SSSR count). The zero-order valence-corrected chi connectivity index (χ0v) is 14.6. The van der Waals surface area contributed by atoms with Crippen molar-refractivity contribution in [2.45, 2.75) is 24.3 Å². The number of benzene rings is 2. The Morgan fingerprint density at radius 2 is 2.00 bits per heavy atom. The van der Waals surface area contributed by atoms with Crippen molar-refractivity contribution < 1.29 is 9.84 Å². The monoisotopic (exact) mass is 366 g/mol. The zero-order chi connectivity index (χ0) is 15.2. The van der Waals surface area contributed by atoms with Gasteiger partial charge in [0.05, 0.1) is 13.2 Å². The van der Waals surface area contributed by atoms with Crippen LogP contribution < -0.4 is 4.74 Å². The molecule has 1 atom stereocenters. The number of aliphatic hydroxyl groups is 1. The summed E-state index contributed by atoms with van der Waals surface area (Å²) in [6.45, 7) is 2.09. The van der Waals surface area contributed by atoms with Gasteiger partial charge in [0.2, 0.25) is 0 Å². The first-order valence-corrected chi connectivity index (χ1v) is 8.57. The molecule has 1 unspecified atom stereocenters. The summed E-state index contributed by atoms with van der Waals surface area (Å²) in [5.41, 5.74) is 2.26. The van der Waals surface area contributed by atoms with E-state index in [1.807, 2.05) is 30.3 Å². The van der Waals surface area contributed by atoms with Crippen LogP contribution >= 0.6 is 27.7 Å². The molecule has 0 aliphatic carbocycles. The Labute approximate surface area is 138 Å². The van der Waals surface area contributed by atoms with Gasteiger partial charge in [0.1, 0.15) is 5.75 Å². The summed E-state index contributed by atoms with van der Waals surface area (Å²) in [4.78, 5) is 1.22. The highest BCUT2D eigenvalue weighted by molar-refractivity contribution is 9.10. The highest BCUT2D eigenvalue weighted by Gasteiger charge is 2.11. The van der Waals surface area contributed by atoms with E-state index in [2.05, 4.69) is 35.0 Å². The first kappa shape index (κ1) is 16.4. The topological polar surface area (TPSA) is 29.5 Å². The van der Waals surface area contributed by atoms with E-state index in [-0.39, 0.29) is 0 Å². The van der Waals surface area contributed by atoms with Gasteiger partial charge < -0.3 is 9.84 Å². The summed E-state index contributed by atoms with van der Waals surface area (Å²) in [6, 6.07) is 14.1. The summed E-state index contributed by atoms with van der Waals surface area (Å²) in [6.07, 6.45) is 0.180. The zero-order valence-electron chi connectivity index (χ0n) is 12.2. The van der Waals surface area contributed by atoms with E-state index in [0.717, 1.165) is 15.8 Å². The second-order valence-electron chi connectivity index (χ2n) is 4.89. The van der Waals surface area contributed by atoms with E-state index in [0.29, 0.717) is 12.2 Å². The van der Waals surface area contributed by atoms with Crippen molar-refractivity contribution in [3.63, 3.8) is 0 Å². The molecule has 0 heterocycles. The summed E-state index contributed by atoms with van der Waals surface area (Å²) in [5.74, 6) is 1.48. The molecule has 4 heteroatoms. The van der Waals surface area contributed by atoms with Gasteiger partial charge in [0, 0.05) is 21.5 Å². The van der Waals surface area contributed by atoms with Gasteiger partial charge >= 0.3 is 0 Å². The van der Waals surface area contributed by atoms with Gasteiger partial charge in [0.15, 0.2) is 0 Å². The first-order chi connectivity index (χ1) is 10.1. The van der Waals surface area contributed by atoms with Crippen molar-refractivity contribution in [3.05, 3.63) is 58.1 Å². The maximum Gasteiger partial charge on any atom is 0.122 e. The molecule has 21 heavy (non-hydrogen) atoms. The van der Waals surface area contributed by atoms with Crippen molar-refractivity contribution in [1.29, 1.82) is 0 Å². The molecule has 112 valence electrons. The minimum absolute atomic E-state index is 0.405. The van der Waals surface area contributed by atoms with Gasteiger partial charge in [0.25, 0.3) is 0 Å². The highest BCUT2D eigenvalue weighted by Crippen LogP contribution is 2.27. The summed E-state index contributed by atoms with van der Waals surface area (Å²) in [7, 11) is 1.65. The van der Waals surface area contributed by atoms with Gasteiger partial charge in [-0.3, -0.25) is 0 Å². The number of aliphatic hydroxyl groups excluding tert-OH is 1. The largest absolute Gasteiger partial charge is 0.496 e. The van der Waals surface area contributed by atoms with Crippen LogP contribution in [0.5, 0.6) is 5.75 Å². The smallest absolute Gasteiger partial charge is 0.122 e. The van der Waals surface area contributed by atoms with E-state index in [9.17, 15) is 5.11 Å². The fourth-order valence-electron chi connectivity index (χ4n) is 2.12. The summed E-state index contributed by atoms with van der Waals surface area (Å²) < 4.78 is 6.34. The molecule has 0 bridgehead atoms. The Balaban J connectivity index is 1.97. The number of rotatable bonds is 6. The maximum absolute atomic E-state index is 10.3. The molecule has 2 aromatic carbocycles. The van der Waals surface area contributed by atoms with E-state index in [1.54, 1.807) is 18.9 Å². The van der Waals surface area contributed by atoms with Crippen LogP contribution in [-0.4, -0.2) is 24.1 Å². The number of aryl methyl sites for hydroxylation is 1. The van der Waals surface area contributed by atoms with Crippen LogP contribution in [0, 0.1) is 6.92 Å². The van der Waals surface area contributed by atoms with Gasteiger partial charge in [-0.05, 0) is 42.3 Å². The number of thioether (sulfide) groups is 1. The van der Waals surface area contributed by atoms with Crippen LogP contribution in [0.3, 0.4) is 0 Å². The lowest BCUT2D eigenvalue weighted by molar-refractivity contribution is 0.198. The molecule has 0 fully saturated rings. The van der Waals surface area contributed by atoms with Crippen LogP contribution in [0.25, 0.3) is 0 Å². The number of hydrogen-bond acceptors (Lipinski definition) is 3. The normalized spacial score (nSPS) is 12.2. The highest BCUT2D eigenvalue weighted by atomic mass is 79.9. The maximum atomic E-state index is 10.3. The van der Waals surface area contributed by atoms with Crippen LogP contribution in [0.15, 0.2) is 51.8 Å². The molecule has 0 saturated carbocycles. The lowest BCUT2D eigenvalue weighted by Crippen LogP contribution is -2.14. The van der Waals surface area contributed by atoms with Crippen LogP contribution in [0.4, 0.5) is 0 Å². The van der Waals surface area contributed by atoms with E-state index >= 15 is 0 Å². The second-order valence-corrected chi connectivity index (χ2v) is 6.87. The van der Waals surface area contributed by atoms with Crippen LogP contribution in [0.2, 0.25) is 0 Å². The van der Waals surface area contributed by atoms with Gasteiger partial charge in [-0.25, -0.2) is 0 Å². The van der Waals surface area contributed by atoms with Crippen molar-refractivity contribution >= 4 is 27.7 Å². The third-order valence-corrected chi connectivity index (χ3v) is 5.04. The second kappa shape index (κ2) is 7.87. The predicted octanol–water partition coefficient (Wildman–Crippen LogP) is 4.46. The molecule has 1 N–H and O–H groups in total. The Kier molecular flexibility index (Phi) is 6.15. The summed E-state index contributed by atoms with van der Waals surface area (Å²) >= 11 is 5.15. The molecule has 0 amide bonds. The number of ether oxygens (including phenoxy) is 1. The number of halogens is 1. The number of methoxy groups -OCH3 is 1. The van der Waals surface area contributed by atoms with Gasteiger partial charge in [-0.1, -0.05) is 34.1 Å². The van der Waals surface area contributed by atoms with E-state index in [4.69, 9.17) is 4.74 Å². The molecular weight excluding hydrogens is 348 g/mol. The Morgan fingerprint density at radius 3 is 2.71 bits per heavy atom. The predicted molar refractivity (Wildman–Crippen MR) is 92.3 cm³/mol. The average molecular weight is 367 g/mol. The van der Waals surface area contributed by atoms with Gasteiger partial charge in [-0.15, -0.1) is 11.8 Å². The third-order valence-electron chi connectivity index (χ3n) is 3.22. The molecule has 2 aromatic rings. The molecule has 0 radical (unpaired) electrons. The number of hydrogen-bond donors (Lipinski definition) is 1. The van der Waals surface area contributed by atoms with Crippen LogP contribution in [-0.2, 0) is 6.42 Å². The Morgan fingerprint density at radius 1 is 1.24 bits per heavy atom. The van der Waals surface area contributed by atoms with Crippen molar-refractivity contribution in [1.82, 2.24) is 0 Å². The SMILES string of the molecule is COc1ccc(Br)cc1CC(O)CSc1ccccc1C. The van der Waals surface area contributed by atoms with Crippen molar-refractivity contribution in [3.8, 4) is 5.75 Å². The molecule has 0 spiro atoms. The quantitative estimate of drug-likeness (QED) is 0.765. The molecule has 0 aliphatic heterocycles. The van der Waals surface area contributed by atoms with Crippen LogP contribution in [0.1, 0.15) is 11.1 Å². The average Bonchev–Trinajstić information content (AvgIpc) is 2.47. The summed E-state index contributed by atoms with van der Waals surface area (Å²) in [5, 5.41) is 10.3. The molecule has 0 saturated heterocycles. The fraction of sp³-hybridized carbons (Fsp3) is 0.294. The minimum atomic E-state index is -0.405. The molecule has 0 aliphatic rings. The van der Waals surface area contributed by atoms with Crippen molar-refractivity contribution in [2.75, 3.05) is 12.9 Å². The third kappa shape index (κ3) is 4.77. The molecular formula is C17H19BrO2S. The lowest BCUT2D eigenvalue weighted by atomic mass is 10.1. The standard InChI is InChI=1S/C17H19BrO2S/c1-12-5-3-4-6-17(12)21-11-15(19)10-13-9-14(18)7-8-16(13)20-2/h3-9,15,19H,10-11H2,1-2H3. The lowest BCUT2D eigenvalue weighted by Gasteiger charge is -2.14. The Hall–Kier alpha value is -0.970.